The van der Waals surface area contributed by atoms with E-state index in [1.165, 1.54) is 16.7 Å². The lowest BCUT2D eigenvalue weighted by Gasteiger charge is -2.49. The number of aliphatic carboxylic acids is 1. The number of allylic oxidation sites excluding steroid dienone is 1. The second kappa shape index (κ2) is 17.2. The third-order valence-corrected chi connectivity index (χ3v) is 12.8. The Bertz CT molecular complexity index is 2480. The lowest BCUT2D eigenvalue weighted by molar-refractivity contribution is -0.670. The number of hydrogen-bond donors (Lipinski definition) is 3. The Morgan fingerprint density at radius 3 is 2.22 bits per heavy atom. The van der Waals surface area contributed by atoms with Crippen molar-refractivity contribution in [3.63, 3.8) is 0 Å². The molecule has 3 aromatic heterocycles. The van der Waals surface area contributed by atoms with Crippen molar-refractivity contribution in [2.24, 2.45) is 12.2 Å². The standard InChI is InChI=1S/C40H33FN8O5S3.HI/c1-24-29(56-30-20-47(2)23-48(24)30)19-18-25-21-55-37-32(36(51)49(37)33(25)38(52)53)42-35(50)31(45-54-22-41)34-43-39(57-46-34)44-40(26-12-6-3-7-13-26,27-14-8-4-9-15-27)28-16-10-5-11-17-28;/h3-20,23,32,37H,21-22H2,1-2H3,(H2-,42,43,44,46,50,52,53);1H/b19-18?,45-31-;/t32-,37-;/m1./s1. The summed E-state index contributed by atoms with van der Waals surface area (Å²) in [6.07, 6.45) is 7.55. The van der Waals surface area contributed by atoms with E-state index < -0.39 is 47.3 Å². The van der Waals surface area contributed by atoms with Gasteiger partial charge >= 0.3 is 5.97 Å². The maximum Gasteiger partial charge on any atom is 0.352 e. The van der Waals surface area contributed by atoms with Crippen LogP contribution in [-0.2, 0) is 31.8 Å². The van der Waals surface area contributed by atoms with Crippen molar-refractivity contribution in [1.29, 1.82) is 0 Å². The van der Waals surface area contributed by atoms with Gasteiger partial charge in [0, 0.05) is 17.3 Å². The maximum absolute atomic E-state index is 13.8. The fraction of sp³-hybridized carbons (Fsp3) is 0.175. The predicted molar refractivity (Wildman–Crippen MR) is 216 cm³/mol. The van der Waals surface area contributed by atoms with Crippen LogP contribution in [0.1, 0.15) is 33.1 Å². The van der Waals surface area contributed by atoms with Gasteiger partial charge in [-0.2, -0.15) is 13.8 Å². The van der Waals surface area contributed by atoms with E-state index in [9.17, 15) is 23.9 Å². The number of carboxylic acids is 1. The van der Waals surface area contributed by atoms with Gasteiger partial charge in [0.25, 0.3) is 18.7 Å². The molecule has 3 aromatic carbocycles. The first-order valence-corrected chi connectivity index (χ1v) is 20.2. The summed E-state index contributed by atoms with van der Waals surface area (Å²) in [6.45, 7) is 0.651. The van der Waals surface area contributed by atoms with E-state index in [0.717, 1.165) is 43.6 Å². The molecule has 296 valence electrons. The third kappa shape index (κ3) is 7.51. The van der Waals surface area contributed by atoms with Gasteiger partial charge in [-0.05, 0) is 35.3 Å². The van der Waals surface area contributed by atoms with Crippen LogP contribution in [0, 0.1) is 6.92 Å². The lowest BCUT2D eigenvalue weighted by atomic mass is 9.77. The first-order chi connectivity index (χ1) is 27.7. The highest BCUT2D eigenvalue weighted by molar-refractivity contribution is 8.00. The van der Waals surface area contributed by atoms with Crippen molar-refractivity contribution in [1.82, 2.24) is 24.0 Å². The summed E-state index contributed by atoms with van der Waals surface area (Å²) in [5.74, 6) is -2.65. The smallest absolute Gasteiger partial charge is 0.352 e. The Hall–Kier alpha value is -5.44. The van der Waals surface area contributed by atoms with Gasteiger partial charge in [-0.3, -0.25) is 14.5 Å². The number of benzene rings is 3. The van der Waals surface area contributed by atoms with E-state index in [1.807, 2.05) is 128 Å². The summed E-state index contributed by atoms with van der Waals surface area (Å²) >= 11 is 3.85. The van der Waals surface area contributed by atoms with Crippen LogP contribution in [0.5, 0.6) is 0 Å². The molecule has 13 nitrogen and oxygen atoms in total. The molecule has 6 aromatic rings. The fourth-order valence-electron chi connectivity index (χ4n) is 7.04. The Kier molecular flexibility index (Phi) is 12.1. The van der Waals surface area contributed by atoms with Crippen LogP contribution in [0.4, 0.5) is 9.52 Å². The molecule has 2 aliphatic rings. The van der Waals surface area contributed by atoms with E-state index in [1.54, 1.807) is 17.4 Å². The molecule has 0 spiro atoms. The van der Waals surface area contributed by atoms with Gasteiger partial charge in [-0.1, -0.05) is 114 Å². The maximum atomic E-state index is 13.8. The van der Waals surface area contributed by atoms with Gasteiger partial charge in [-0.25, -0.2) is 13.8 Å². The van der Waals surface area contributed by atoms with E-state index in [0.29, 0.717) is 10.7 Å². The van der Waals surface area contributed by atoms with Crippen molar-refractivity contribution in [2.75, 3.05) is 17.9 Å². The average Bonchev–Trinajstić information content (AvgIpc) is 3.93. The number of aryl methyl sites for hydroxylation is 2. The molecule has 2 atom stereocenters. The summed E-state index contributed by atoms with van der Waals surface area (Å²) in [5, 5.41) is 19.8. The first-order valence-electron chi connectivity index (χ1n) is 17.6. The molecule has 18 heteroatoms. The molecule has 0 unspecified atom stereocenters. The first kappa shape index (κ1) is 40.7. The minimum absolute atomic E-state index is 0. The molecule has 2 amide bonds. The molecule has 1 fully saturated rings. The van der Waals surface area contributed by atoms with Gasteiger partial charge < -0.3 is 44.6 Å². The monoisotopic (exact) mass is 948 g/mol. The van der Waals surface area contributed by atoms with E-state index >= 15 is 0 Å². The number of amides is 2. The Morgan fingerprint density at radius 2 is 1.66 bits per heavy atom. The quantitative estimate of drug-likeness (QED) is 0.0396. The highest BCUT2D eigenvalue weighted by Gasteiger charge is 2.54. The molecule has 1 saturated heterocycles. The number of oxime groups is 1. The zero-order valence-corrected chi connectivity index (χ0v) is 35.4. The van der Waals surface area contributed by atoms with Crippen molar-refractivity contribution < 1.29 is 57.3 Å². The number of alkyl halides is 1. The second-order valence-electron chi connectivity index (χ2n) is 13.1. The molecule has 0 radical (unpaired) electrons. The summed E-state index contributed by atoms with van der Waals surface area (Å²) < 4.78 is 21.7. The van der Waals surface area contributed by atoms with Crippen LogP contribution in [0.15, 0.2) is 126 Å². The number of rotatable bonds is 13. The molecular weight excluding hydrogens is 915 g/mol. The molecule has 2 aliphatic heterocycles. The van der Waals surface area contributed by atoms with Crippen molar-refractivity contribution in [3.8, 4) is 0 Å². The van der Waals surface area contributed by atoms with Crippen molar-refractivity contribution in [2.45, 2.75) is 23.9 Å². The number of carboxylic acid groups (broad SMARTS) is 1. The summed E-state index contributed by atoms with van der Waals surface area (Å²) in [5.41, 5.74) is 2.64. The van der Waals surface area contributed by atoms with Crippen molar-refractivity contribution in [3.05, 3.63) is 154 Å². The molecular formula is C40H34FIN8O5S3. The number of carbonyl (C=O) groups excluding carboxylic acids is 2. The van der Waals surface area contributed by atoms with Crippen LogP contribution in [0.3, 0.4) is 0 Å². The third-order valence-electron chi connectivity index (χ3n) is 9.68. The average molecular weight is 949 g/mol. The predicted octanol–water partition coefficient (Wildman–Crippen LogP) is 2.49. The Balaban J connectivity index is 0.00000512. The van der Waals surface area contributed by atoms with Crippen LogP contribution >= 0.6 is 34.6 Å². The zero-order valence-electron chi connectivity index (χ0n) is 30.8. The molecule has 58 heavy (non-hydrogen) atoms. The lowest BCUT2D eigenvalue weighted by Crippen LogP contribution is -3.00. The summed E-state index contributed by atoms with van der Waals surface area (Å²) in [7, 11) is 1.94. The van der Waals surface area contributed by atoms with Crippen molar-refractivity contribution >= 4 is 74.2 Å². The number of imidazole rings is 1. The zero-order chi connectivity index (χ0) is 39.7. The number of β-lactam (4-membered cyclic amide) rings is 1. The number of halogens is 2. The fourth-order valence-corrected chi connectivity index (χ4v) is 10.1. The number of hydrogen-bond acceptors (Lipinski definition) is 11. The number of fused-ring (bicyclic) bond motifs is 2. The van der Waals surface area contributed by atoms with Crippen LogP contribution in [0.25, 0.3) is 10.9 Å². The number of aromatic nitrogens is 4. The summed E-state index contributed by atoms with van der Waals surface area (Å²) in [6, 6.07) is 28.4. The highest BCUT2D eigenvalue weighted by Crippen LogP contribution is 2.42. The van der Waals surface area contributed by atoms with Crippen LogP contribution in [-0.4, -0.2) is 71.3 Å². The van der Waals surface area contributed by atoms with Crippen LogP contribution in [0.2, 0.25) is 0 Å². The number of thiazole rings is 1. The van der Waals surface area contributed by atoms with Gasteiger partial charge in [-0.15, -0.1) is 11.8 Å². The minimum atomic E-state index is -1.33. The number of nitrogens with one attached hydrogen (secondary N) is 2. The molecule has 0 bridgehead atoms. The van der Waals surface area contributed by atoms with E-state index in [2.05, 4.69) is 34.4 Å². The van der Waals surface area contributed by atoms with Gasteiger partial charge in [0.05, 0.1) is 11.9 Å². The van der Waals surface area contributed by atoms with Gasteiger partial charge in [0.1, 0.15) is 34.5 Å². The summed E-state index contributed by atoms with van der Waals surface area (Å²) in [4.78, 5) is 52.4. The van der Waals surface area contributed by atoms with E-state index in [4.69, 9.17) is 0 Å². The number of carbonyl (C=O) groups is 3. The molecule has 5 heterocycles. The number of thioether (sulfide) groups is 1. The van der Waals surface area contributed by atoms with E-state index in [-0.39, 0.29) is 41.3 Å². The number of nitrogens with zero attached hydrogens (tertiary/aromatic N) is 6. The highest BCUT2D eigenvalue weighted by atomic mass is 127. The Labute approximate surface area is 361 Å². The second-order valence-corrected chi connectivity index (χ2v) is 16.0. The normalized spacial score (nSPS) is 16.8. The molecule has 0 saturated carbocycles. The largest absolute Gasteiger partial charge is 1.00 e. The van der Waals surface area contributed by atoms with Gasteiger partial charge in [0.15, 0.2) is 0 Å². The SMILES string of the molecule is Cc1c(C=CC2=C(C(=O)O)N3C(=O)[C@@H](NC(=O)/C(=N\OCF)c4nsc(NC(c5ccccc5)(c5ccccc5)c5ccccc5)n4)[C@H]3SC2)sc2c[n+](C)cn12.[I-]. The molecule has 8 rings (SSSR count). The molecule has 0 aliphatic carbocycles. The minimum Gasteiger partial charge on any atom is -1.00 e. The Morgan fingerprint density at radius 1 is 1.03 bits per heavy atom. The molecule has 3 N–H and O–H groups in total. The van der Waals surface area contributed by atoms with Gasteiger partial charge in [0.2, 0.25) is 27.8 Å². The number of anilines is 1. The van der Waals surface area contributed by atoms with Crippen LogP contribution < -0.4 is 39.2 Å². The topological polar surface area (TPSA) is 154 Å².